The van der Waals surface area contributed by atoms with Crippen LogP contribution in [0.4, 0.5) is 0 Å². The molecule has 0 aliphatic carbocycles. The number of benzene rings is 2. The SMILES string of the molecule is Cc1oc2cc3oc(=NO)c4ccccc4c3cc2c1C. The molecule has 0 spiro atoms. The predicted octanol–water partition coefficient (Wildman–Crippen LogP) is 4.24. The van der Waals surface area contributed by atoms with E-state index in [0.717, 1.165) is 38.5 Å². The molecule has 0 atom stereocenters. The molecule has 0 aliphatic heterocycles. The fourth-order valence-corrected chi connectivity index (χ4v) is 2.80. The molecule has 2 aromatic carbocycles. The van der Waals surface area contributed by atoms with Gasteiger partial charge in [0, 0.05) is 22.2 Å². The van der Waals surface area contributed by atoms with Gasteiger partial charge in [-0.15, -0.1) is 0 Å². The normalized spacial score (nSPS) is 12.8. The lowest BCUT2D eigenvalue weighted by atomic mass is 10.0. The molecule has 4 nitrogen and oxygen atoms in total. The minimum absolute atomic E-state index is 0.206. The molecule has 21 heavy (non-hydrogen) atoms. The highest BCUT2D eigenvalue weighted by Gasteiger charge is 2.12. The number of aryl methyl sites for hydroxylation is 2. The first-order chi connectivity index (χ1) is 10.2. The van der Waals surface area contributed by atoms with Crippen LogP contribution in [0.3, 0.4) is 0 Å². The lowest BCUT2D eigenvalue weighted by Crippen LogP contribution is -2.02. The molecule has 0 bridgehead atoms. The van der Waals surface area contributed by atoms with Crippen LogP contribution in [0.1, 0.15) is 11.3 Å². The van der Waals surface area contributed by atoms with Gasteiger partial charge >= 0.3 is 0 Å². The van der Waals surface area contributed by atoms with E-state index in [2.05, 4.69) is 11.2 Å². The van der Waals surface area contributed by atoms with Gasteiger partial charge in [0.05, 0.1) is 0 Å². The van der Waals surface area contributed by atoms with Crippen molar-refractivity contribution in [2.24, 2.45) is 5.16 Å². The summed E-state index contributed by atoms with van der Waals surface area (Å²) in [6.45, 7) is 3.99. The Morgan fingerprint density at radius 2 is 1.57 bits per heavy atom. The van der Waals surface area contributed by atoms with Crippen molar-refractivity contribution in [3.8, 4) is 0 Å². The van der Waals surface area contributed by atoms with E-state index in [9.17, 15) is 0 Å². The summed E-state index contributed by atoms with van der Waals surface area (Å²) in [5, 5.41) is 16.3. The second-order valence-electron chi connectivity index (χ2n) is 5.18. The Morgan fingerprint density at radius 3 is 2.33 bits per heavy atom. The summed E-state index contributed by atoms with van der Waals surface area (Å²) in [6.07, 6.45) is 0. The molecule has 0 aliphatic rings. The molecule has 1 N–H and O–H groups in total. The summed E-state index contributed by atoms with van der Waals surface area (Å²) in [5.74, 6) is 0.900. The van der Waals surface area contributed by atoms with E-state index >= 15 is 0 Å². The number of rotatable bonds is 0. The first kappa shape index (κ1) is 12.0. The van der Waals surface area contributed by atoms with Gasteiger partial charge in [-0.25, -0.2) is 0 Å². The Morgan fingerprint density at radius 1 is 0.857 bits per heavy atom. The maximum absolute atomic E-state index is 9.16. The molecule has 4 heteroatoms. The van der Waals surface area contributed by atoms with E-state index in [0.29, 0.717) is 5.58 Å². The van der Waals surface area contributed by atoms with Crippen LogP contribution in [0.5, 0.6) is 0 Å². The third-order valence-electron chi connectivity index (χ3n) is 4.02. The third-order valence-corrected chi connectivity index (χ3v) is 4.02. The molecule has 4 rings (SSSR count). The fraction of sp³-hybridized carbons (Fsp3) is 0.118. The summed E-state index contributed by atoms with van der Waals surface area (Å²) in [6, 6.07) is 11.7. The topological polar surface area (TPSA) is 58.9 Å². The number of hydrogen-bond acceptors (Lipinski definition) is 4. The van der Waals surface area contributed by atoms with Crippen LogP contribution < -0.4 is 5.55 Å². The molecule has 2 aromatic heterocycles. The maximum atomic E-state index is 9.16. The molecule has 0 saturated carbocycles. The van der Waals surface area contributed by atoms with Crippen LogP contribution >= 0.6 is 0 Å². The summed E-state index contributed by atoms with van der Waals surface area (Å²) < 4.78 is 11.4. The minimum atomic E-state index is 0.206. The van der Waals surface area contributed by atoms with Crippen molar-refractivity contribution in [2.45, 2.75) is 13.8 Å². The number of nitrogens with zero attached hydrogens (tertiary/aromatic N) is 1. The van der Waals surface area contributed by atoms with Crippen molar-refractivity contribution in [3.05, 3.63) is 53.3 Å². The number of furan rings is 1. The van der Waals surface area contributed by atoms with Crippen molar-refractivity contribution >= 4 is 32.7 Å². The Bertz CT molecular complexity index is 1070. The highest BCUT2D eigenvalue weighted by molar-refractivity contribution is 6.08. The first-order valence-corrected chi connectivity index (χ1v) is 6.72. The second kappa shape index (κ2) is 4.12. The Balaban J connectivity index is 2.31. The molecule has 2 heterocycles. The van der Waals surface area contributed by atoms with E-state index in [4.69, 9.17) is 14.0 Å². The van der Waals surface area contributed by atoms with Crippen LogP contribution in [-0.2, 0) is 0 Å². The lowest BCUT2D eigenvalue weighted by Gasteiger charge is -2.03. The van der Waals surface area contributed by atoms with Gasteiger partial charge in [-0.1, -0.05) is 18.2 Å². The average Bonchev–Trinajstić information content (AvgIpc) is 2.79. The van der Waals surface area contributed by atoms with E-state index in [1.807, 2.05) is 44.2 Å². The Labute approximate surface area is 119 Å². The Hall–Kier alpha value is -2.75. The van der Waals surface area contributed by atoms with E-state index < -0.39 is 0 Å². The van der Waals surface area contributed by atoms with E-state index in [1.165, 1.54) is 0 Å². The molecular weight excluding hydrogens is 266 g/mol. The molecule has 0 fully saturated rings. The zero-order valence-corrected chi connectivity index (χ0v) is 11.7. The summed E-state index contributed by atoms with van der Waals surface area (Å²) in [4.78, 5) is 0. The predicted molar refractivity (Wildman–Crippen MR) is 80.3 cm³/mol. The second-order valence-corrected chi connectivity index (χ2v) is 5.18. The fourth-order valence-electron chi connectivity index (χ4n) is 2.80. The zero-order chi connectivity index (χ0) is 14.6. The van der Waals surface area contributed by atoms with Gasteiger partial charge in [0.25, 0.3) is 5.55 Å². The van der Waals surface area contributed by atoms with Gasteiger partial charge in [0.2, 0.25) is 0 Å². The Kier molecular flexibility index (Phi) is 2.36. The van der Waals surface area contributed by atoms with E-state index in [-0.39, 0.29) is 5.55 Å². The van der Waals surface area contributed by atoms with Crippen LogP contribution in [0.15, 0.2) is 50.4 Å². The molecular formula is C17H13NO3. The molecule has 0 unspecified atom stereocenters. The van der Waals surface area contributed by atoms with Crippen LogP contribution in [0.2, 0.25) is 0 Å². The monoisotopic (exact) mass is 279 g/mol. The van der Waals surface area contributed by atoms with Gasteiger partial charge in [-0.05, 0) is 42.1 Å². The molecule has 0 amide bonds. The van der Waals surface area contributed by atoms with Crippen molar-refractivity contribution < 1.29 is 14.0 Å². The largest absolute Gasteiger partial charge is 0.461 e. The minimum Gasteiger partial charge on any atom is -0.461 e. The smallest absolute Gasteiger partial charge is 0.263 e. The third kappa shape index (κ3) is 1.59. The van der Waals surface area contributed by atoms with E-state index in [1.54, 1.807) is 0 Å². The van der Waals surface area contributed by atoms with Crippen molar-refractivity contribution in [1.82, 2.24) is 0 Å². The summed E-state index contributed by atoms with van der Waals surface area (Å²) >= 11 is 0. The average molecular weight is 279 g/mol. The van der Waals surface area contributed by atoms with Crippen LogP contribution in [0, 0.1) is 13.8 Å². The molecule has 4 aromatic rings. The van der Waals surface area contributed by atoms with Gasteiger partial charge in [0.1, 0.15) is 16.9 Å². The highest BCUT2D eigenvalue weighted by atomic mass is 16.5. The molecule has 104 valence electrons. The van der Waals surface area contributed by atoms with Gasteiger partial charge in [-0.3, -0.25) is 0 Å². The molecule has 0 saturated heterocycles. The standard InChI is InChI=1S/C17H13NO3/c1-9-10(2)20-15-8-16-14(7-13(9)15)11-5-3-4-6-12(11)17(18-19)21-16/h3-8,19H,1-2H3. The maximum Gasteiger partial charge on any atom is 0.263 e. The first-order valence-electron chi connectivity index (χ1n) is 6.72. The highest BCUT2D eigenvalue weighted by Crippen LogP contribution is 2.31. The van der Waals surface area contributed by atoms with Crippen LogP contribution in [-0.4, -0.2) is 5.21 Å². The number of fused-ring (bicyclic) bond motifs is 4. The molecule has 0 radical (unpaired) electrons. The lowest BCUT2D eigenvalue weighted by molar-refractivity contribution is 0.279. The van der Waals surface area contributed by atoms with Gasteiger partial charge < -0.3 is 14.0 Å². The summed E-state index contributed by atoms with van der Waals surface area (Å²) in [5.41, 5.74) is 2.76. The van der Waals surface area contributed by atoms with Crippen molar-refractivity contribution in [1.29, 1.82) is 0 Å². The van der Waals surface area contributed by atoms with Crippen LogP contribution in [0.25, 0.3) is 32.7 Å². The number of hydrogen-bond donors (Lipinski definition) is 1. The van der Waals surface area contributed by atoms with Gasteiger partial charge in [0.15, 0.2) is 0 Å². The van der Waals surface area contributed by atoms with Crippen molar-refractivity contribution in [2.75, 3.05) is 0 Å². The zero-order valence-electron chi connectivity index (χ0n) is 11.7. The van der Waals surface area contributed by atoms with Gasteiger partial charge in [-0.2, -0.15) is 0 Å². The van der Waals surface area contributed by atoms with Crippen molar-refractivity contribution in [3.63, 3.8) is 0 Å². The summed E-state index contributed by atoms with van der Waals surface area (Å²) in [7, 11) is 0. The quantitative estimate of drug-likeness (QED) is 0.297.